The normalized spacial score (nSPS) is 12.3. The van der Waals surface area contributed by atoms with E-state index in [0.717, 1.165) is 36.4 Å². The number of nitrogens with one attached hydrogen (secondary N) is 1. The molecular formula is C23H14F6N2O. The Kier molecular flexibility index (Phi) is 5.07. The molecule has 0 saturated heterocycles. The van der Waals surface area contributed by atoms with Gasteiger partial charge in [-0.1, -0.05) is 24.3 Å². The first-order valence-corrected chi connectivity index (χ1v) is 9.33. The molecule has 3 aromatic carbocycles. The summed E-state index contributed by atoms with van der Waals surface area (Å²) >= 11 is 0. The molecule has 0 spiro atoms. The van der Waals surface area contributed by atoms with Gasteiger partial charge in [-0.25, -0.2) is 4.98 Å². The summed E-state index contributed by atoms with van der Waals surface area (Å²) in [6.07, 6.45) is -9.28. The van der Waals surface area contributed by atoms with Crippen LogP contribution < -0.4 is 5.56 Å². The standard InChI is InChI=1S/C23H14F6N2O/c1-12-3-2-4-18-19(12)30-20(31-21(18)32)15-9-14(10-17(11-15)23(27,28)29)13-5-7-16(8-6-13)22(24,25)26/h2-11H,1H3,(H,30,31,32). The van der Waals surface area contributed by atoms with E-state index in [1.165, 1.54) is 6.07 Å². The van der Waals surface area contributed by atoms with Crippen LogP contribution in [0.4, 0.5) is 26.3 Å². The van der Waals surface area contributed by atoms with Gasteiger partial charge in [-0.05, 0) is 60.0 Å². The van der Waals surface area contributed by atoms with Crippen LogP contribution in [0, 0.1) is 6.92 Å². The van der Waals surface area contributed by atoms with Gasteiger partial charge in [0.1, 0.15) is 5.82 Å². The summed E-state index contributed by atoms with van der Waals surface area (Å²) < 4.78 is 79.2. The summed E-state index contributed by atoms with van der Waals surface area (Å²) in [6, 6.07) is 11.8. The Labute approximate surface area is 177 Å². The van der Waals surface area contributed by atoms with Crippen molar-refractivity contribution in [3.05, 3.63) is 87.7 Å². The van der Waals surface area contributed by atoms with Gasteiger partial charge in [-0.3, -0.25) is 4.79 Å². The minimum Gasteiger partial charge on any atom is -0.306 e. The van der Waals surface area contributed by atoms with Gasteiger partial charge in [0.2, 0.25) is 0 Å². The molecule has 1 aromatic heterocycles. The van der Waals surface area contributed by atoms with Crippen molar-refractivity contribution >= 4 is 10.9 Å². The Morgan fingerprint density at radius 2 is 1.38 bits per heavy atom. The molecule has 0 bridgehead atoms. The zero-order valence-corrected chi connectivity index (χ0v) is 16.4. The number of aryl methyl sites for hydroxylation is 1. The lowest BCUT2D eigenvalue weighted by molar-refractivity contribution is -0.138. The molecule has 0 saturated carbocycles. The number of para-hydroxylation sites is 1. The number of fused-ring (bicyclic) bond motifs is 1. The Morgan fingerprint density at radius 3 is 2.00 bits per heavy atom. The first kappa shape index (κ1) is 21.6. The summed E-state index contributed by atoms with van der Waals surface area (Å²) in [6.45, 7) is 1.72. The lowest BCUT2D eigenvalue weighted by atomic mass is 9.98. The molecule has 1 N–H and O–H groups in total. The summed E-state index contributed by atoms with van der Waals surface area (Å²) in [7, 11) is 0. The average Bonchev–Trinajstić information content (AvgIpc) is 2.73. The molecule has 0 radical (unpaired) electrons. The first-order chi connectivity index (χ1) is 14.9. The van der Waals surface area contributed by atoms with Crippen LogP contribution in [-0.4, -0.2) is 9.97 Å². The van der Waals surface area contributed by atoms with E-state index in [9.17, 15) is 31.1 Å². The van der Waals surface area contributed by atoms with E-state index in [4.69, 9.17) is 0 Å². The minimum absolute atomic E-state index is 0.0167. The molecule has 0 aliphatic carbocycles. The van der Waals surface area contributed by atoms with E-state index >= 15 is 0 Å². The van der Waals surface area contributed by atoms with Crippen molar-refractivity contribution in [3.63, 3.8) is 0 Å². The second-order valence-corrected chi connectivity index (χ2v) is 7.26. The van der Waals surface area contributed by atoms with Gasteiger partial charge in [0, 0.05) is 5.56 Å². The van der Waals surface area contributed by atoms with Gasteiger partial charge in [-0.2, -0.15) is 26.3 Å². The molecule has 9 heteroatoms. The number of hydrogen-bond donors (Lipinski definition) is 1. The lowest BCUT2D eigenvalue weighted by Gasteiger charge is -2.14. The summed E-state index contributed by atoms with van der Waals surface area (Å²) in [5.74, 6) is -0.0731. The summed E-state index contributed by atoms with van der Waals surface area (Å²) in [4.78, 5) is 19.3. The number of benzene rings is 3. The third kappa shape index (κ3) is 4.10. The highest BCUT2D eigenvalue weighted by atomic mass is 19.4. The molecule has 32 heavy (non-hydrogen) atoms. The van der Waals surface area contributed by atoms with Gasteiger partial charge in [0.05, 0.1) is 22.0 Å². The van der Waals surface area contributed by atoms with Crippen molar-refractivity contribution < 1.29 is 26.3 Å². The first-order valence-electron chi connectivity index (χ1n) is 9.33. The van der Waals surface area contributed by atoms with Crippen molar-refractivity contribution in [3.8, 4) is 22.5 Å². The van der Waals surface area contributed by atoms with Crippen LogP contribution in [0.15, 0.2) is 65.5 Å². The lowest BCUT2D eigenvalue weighted by Crippen LogP contribution is -2.11. The fourth-order valence-electron chi connectivity index (χ4n) is 3.39. The number of H-pyrrole nitrogens is 1. The van der Waals surface area contributed by atoms with Gasteiger partial charge in [0.25, 0.3) is 5.56 Å². The van der Waals surface area contributed by atoms with Crippen molar-refractivity contribution in [2.45, 2.75) is 19.3 Å². The Balaban J connectivity index is 1.91. The highest BCUT2D eigenvalue weighted by molar-refractivity contribution is 5.83. The maximum absolute atomic E-state index is 13.6. The zero-order valence-electron chi connectivity index (χ0n) is 16.4. The molecule has 4 aromatic rings. The Bertz CT molecular complexity index is 1370. The van der Waals surface area contributed by atoms with Crippen LogP contribution in [0.25, 0.3) is 33.4 Å². The van der Waals surface area contributed by atoms with Crippen LogP contribution >= 0.6 is 0 Å². The monoisotopic (exact) mass is 448 g/mol. The van der Waals surface area contributed by atoms with E-state index in [1.807, 2.05) is 0 Å². The number of alkyl halides is 6. The maximum Gasteiger partial charge on any atom is 0.416 e. The molecular weight excluding hydrogens is 434 g/mol. The van der Waals surface area contributed by atoms with Gasteiger partial charge >= 0.3 is 12.4 Å². The quantitative estimate of drug-likeness (QED) is 0.351. The van der Waals surface area contributed by atoms with Crippen molar-refractivity contribution in [1.82, 2.24) is 9.97 Å². The molecule has 0 aliphatic rings. The average molecular weight is 448 g/mol. The predicted octanol–water partition coefficient (Wildman–Crippen LogP) is 6.60. The number of halogens is 6. The fourth-order valence-corrected chi connectivity index (χ4v) is 3.39. The Morgan fingerprint density at radius 1 is 0.750 bits per heavy atom. The molecule has 3 nitrogen and oxygen atoms in total. The van der Waals surface area contributed by atoms with E-state index in [2.05, 4.69) is 9.97 Å². The topological polar surface area (TPSA) is 45.8 Å². The van der Waals surface area contributed by atoms with Crippen LogP contribution in [0.1, 0.15) is 16.7 Å². The van der Waals surface area contributed by atoms with Crippen LogP contribution in [0.5, 0.6) is 0 Å². The zero-order chi connectivity index (χ0) is 23.3. The summed E-state index contributed by atoms with van der Waals surface area (Å²) in [5, 5.41) is 0.295. The van der Waals surface area contributed by atoms with Crippen LogP contribution in [0.3, 0.4) is 0 Å². The molecule has 4 rings (SSSR count). The molecule has 0 fully saturated rings. The van der Waals surface area contributed by atoms with Gasteiger partial charge in [-0.15, -0.1) is 0 Å². The largest absolute Gasteiger partial charge is 0.416 e. The van der Waals surface area contributed by atoms with Crippen molar-refractivity contribution in [2.24, 2.45) is 0 Å². The number of nitrogens with zero attached hydrogens (tertiary/aromatic N) is 1. The minimum atomic E-state index is -4.72. The second kappa shape index (κ2) is 7.51. The molecule has 0 aliphatic heterocycles. The number of aromatic nitrogens is 2. The van der Waals surface area contributed by atoms with Crippen molar-refractivity contribution in [2.75, 3.05) is 0 Å². The molecule has 0 amide bonds. The third-order valence-corrected chi connectivity index (χ3v) is 5.02. The van der Waals surface area contributed by atoms with E-state index in [0.29, 0.717) is 16.5 Å². The maximum atomic E-state index is 13.6. The number of hydrogen-bond acceptors (Lipinski definition) is 2. The Hall–Kier alpha value is -3.62. The number of aromatic amines is 1. The smallest absolute Gasteiger partial charge is 0.306 e. The molecule has 164 valence electrons. The van der Waals surface area contributed by atoms with E-state index in [1.54, 1.807) is 25.1 Å². The fraction of sp³-hybridized carbons (Fsp3) is 0.130. The van der Waals surface area contributed by atoms with Crippen molar-refractivity contribution in [1.29, 1.82) is 0 Å². The van der Waals surface area contributed by atoms with Gasteiger partial charge in [0.15, 0.2) is 0 Å². The third-order valence-electron chi connectivity index (χ3n) is 5.02. The highest BCUT2D eigenvalue weighted by Gasteiger charge is 2.32. The van der Waals surface area contributed by atoms with E-state index in [-0.39, 0.29) is 22.5 Å². The number of rotatable bonds is 2. The highest BCUT2D eigenvalue weighted by Crippen LogP contribution is 2.37. The van der Waals surface area contributed by atoms with E-state index < -0.39 is 29.0 Å². The second-order valence-electron chi connectivity index (χ2n) is 7.26. The SMILES string of the molecule is Cc1cccc2c(=O)[nH]c(-c3cc(-c4ccc(C(F)(F)F)cc4)cc(C(F)(F)F)c3)nc12. The molecule has 0 unspecified atom stereocenters. The summed E-state index contributed by atoms with van der Waals surface area (Å²) in [5.41, 5.74) is -1.24. The van der Waals surface area contributed by atoms with Gasteiger partial charge < -0.3 is 4.98 Å². The van der Waals surface area contributed by atoms with Crippen LogP contribution in [0.2, 0.25) is 0 Å². The molecule has 0 atom stereocenters. The predicted molar refractivity (Wildman–Crippen MR) is 108 cm³/mol. The molecule has 1 heterocycles. The van der Waals surface area contributed by atoms with Crippen LogP contribution in [-0.2, 0) is 12.4 Å².